The molecule has 4 aromatic rings. The first kappa shape index (κ1) is 21.4. The van der Waals surface area contributed by atoms with Gasteiger partial charge in [0.05, 0.1) is 11.8 Å². The predicted octanol–water partition coefficient (Wildman–Crippen LogP) is 4.87. The molecule has 1 atom stereocenters. The van der Waals surface area contributed by atoms with E-state index in [9.17, 15) is 4.79 Å². The van der Waals surface area contributed by atoms with Crippen molar-refractivity contribution in [3.05, 3.63) is 96.3 Å². The van der Waals surface area contributed by atoms with Gasteiger partial charge in [0.25, 0.3) is 0 Å². The molecule has 7 heteroatoms. The Balaban J connectivity index is 1.29. The van der Waals surface area contributed by atoms with Crippen molar-refractivity contribution in [3.8, 4) is 11.4 Å². The van der Waals surface area contributed by atoms with Gasteiger partial charge in [-0.3, -0.25) is 14.3 Å². The Hall–Kier alpha value is -3.45. The van der Waals surface area contributed by atoms with E-state index in [1.165, 1.54) is 17.3 Å². The summed E-state index contributed by atoms with van der Waals surface area (Å²) in [5.74, 6) is 1.12. The van der Waals surface area contributed by atoms with Gasteiger partial charge in [-0.05, 0) is 42.5 Å². The molecule has 0 aliphatic heterocycles. The lowest BCUT2D eigenvalue weighted by atomic mass is 9.99. The predicted molar refractivity (Wildman–Crippen MR) is 130 cm³/mol. The zero-order valence-electron chi connectivity index (χ0n) is 18.2. The zero-order chi connectivity index (χ0) is 22.5. The Morgan fingerprint density at radius 3 is 2.36 bits per heavy atom. The molecule has 0 bridgehead atoms. The molecular weight excluding hydrogens is 430 g/mol. The fraction of sp³-hybridized carbons (Fsp3) is 0.231. The second kappa shape index (κ2) is 10.0. The summed E-state index contributed by atoms with van der Waals surface area (Å²) in [5, 5.41) is 12.8. The van der Waals surface area contributed by atoms with E-state index in [2.05, 4.69) is 49.3 Å². The van der Waals surface area contributed by atoms with Crippen molar-refractivity contribution in [3.63, 3.8) is 0 Å². The minimum absolute atomic E-state index is 0.0133. The molecule has 2 heterocycles. The Labute approximate surface area is 197 Å². The molecule has 2 aromatic carbocycles. The van der Waals surface area contributed by atoms with E-state index >= 15 is 0 Å². The minimum atomic E-state index is -0.0876. The first-order chi connectivity index (χ1) is 16.3. The van der Waals surface area contributed by atoms with Gasteiger partial charge < -0.3 is 5.32 Å². The van der Waals surface area contributed by atoms with Gasteiger partial charge in [0, 0.05) is 24.0 Å². The van der Waals surface area contributed by atoms with Gasteiger partial charge in [-0.25, -0.2) is 0 Å². The van der Waals surface area contributed by atoms with Crippen molar-refractivity contribution in [2.45, 2.75) is 36.5 Å². The first-order valence-corrected chi connectivity index (χ1v) is 12.1. The molecule has 1 fully saturated rings. The first-order valence-electron chi connectivity index (χ1n) is 11.1. The van der Waals surface area contributed by atoms with Crippen LogP contribution in [0.15, 0.2) is 90.3 Å². The number of carbonyl (C=O) groups is 1. The molecule has 0 radical (unpaired) electrons. The van der Waals surface area contributed by atoms with Gasteiger partial charge in [-0.2, -0.15) is 0 Å². The minimum Gasteiger partial charge on any atom is -0.348 e. The third kappa shape index (κ3) is 5.31. The summed E-state index contributed by atoms with van der Waals surface area (Å²) in [6.45, 7) is 0. The van der Waals surface area contributed by atoms with E-state index in [0.29, 0.717) is 11.8 Å². The van der Waals surface area contributed by atoms with Gasteiger partial charge in [-0.15, -0.1) is 10.2 Å². The van der Waals surface area contributed by atoms with Crippen LogP contribution in [0.5, 0.6) is 0 Å². The summed E-state index contributed by atoms with van der Waals surface area (Å²) < 4.78 is 2.17. The van der Waals surface area contributed by atoms with Crippen LogP contribution in [0.4, 0.5) is 0 Å². The van der Waals surface area contributed by atoms with Crippen LogP contribution in [0, 0.1) is 0 Å². The number of hydrogen-bond acceptors (Lipinski definition) is 5. The highest BCUT2D eigenvalue weighted by atomic mass is 32.2. The van der Waals surface area contributed by atoms with Crippen molar-refractivity contribution in [1.29, 1.82) is 0 Å². The number of nitrogens with zero attached hydrogens (tertiary/aromatic N) is 4. The number of nitrogens with one attached hydrogen (secondary N) is 1. The van der Waals surface area contributed by atoms with Gasteiger partial charge >= 0.3 is 0 Å². The summed E-state index contributed by atoms with van der Waals surface area (Å²) in [4.78, 5) is 17.1. The lowest BCUT2D eigenvalue weighted by Crippen LogP contribution is -2.31. The SMILES string of the molecule is O=C(CSc1nnc(-c2ccncc2)n1C1CC1)NC(Cc1ccccc1)c1ccccc1. The standard InChI is InChI=1S/C26H25N5OS/c32-24(28-23(20-9-5-2-6-10-20)17-19-7-3-1-4-8-19)18-33-26-30-29-25(31(26)22-11-12-22)21-13-15-27-16-14-21/h1-10,13-16,22-23H,11-12,17-18H2,(H,28,32). The smallest absolute Gasteiger partial charge is 0.230 e. The molecule has 1 aliphatic rings. The Kier molecular flexibility index (Phi) is 6.48. The van der Waals surface area contributed by atoms with Crippen LogP contribution in [0.1, 0.15) is 36.1 Å². The molecule has 6 nitrogen and oxygen atoms in total. The van der Waals surface area contributed by atoms with E-state index in [1.807, 2.05) is 48.5 Å². The summed E-state index contributed by atoms with van der Waals surface area (Å²) in [6.07, 6.45) is 6.49. The topological polar surface area (TPSA) is 72.7 Å². The van der Waals surface area contributed by atoms with Gasteiger partial charge in [0.15, 0.2) is 11.0 Å². The molecule has 1 aliphatic carbocycles. The molecule has 1 unspecified atom stereocenters. The second-order valence-electron chi connectivity index (χ2n) is 8.15. The van der Waals surface area contributed by atoms with E-state index < -0.39 is 0 Å². The molecule has 1 N–H and O–H groups in total. The van der Waals surface area contributed by atoms with Crippen molar-refractivity contribution in [2.75, 3.05) is 5.75 Å². The molecule has 1 amide bonds. The summed E-state index contributed by atoms with van der Waals surface area (Å²) in [7, 11) is 0. The maximum atomic E-state index is 13.0. The molecule has 33 heavy (non-hydrogen) atoms. The summed E-state index contributed by atoms with van der Waals surface area (Å²) in [6, 6.07) is 24.6. The number of amides is 1. The van der Waals surface area contributed by atoms with E-state index in [-0.39, 0.29) is 11.9 Å². The van der Waals surface area contributed by atoms with Crippen molar-refractivity contribution >= 4 is 17.7 Å². The average molecular weight is 456 g/mol. The number of aromatic nitrogens is 4. The molecule has 2 aromatic heterocycles. The summed E-state index contributed by atoms with van der Waals surface area (Å²) in [5.41, 5.74) is 3.28. The quantitative estimate of drug-likeness (QED) is 0.365. The number of benzene rings is 2. The third-order valence-corrected chi connectivity index (χ3v) is 6.61. The Morgan fingerprint density at radius 1 is 0.970 bits per heavy atom. The third-order valence-electron chi connectivity index (χ3n) is 5.67. The summed E-state index contributed by atoms with van der Waals surface area (Å²) >= 11 is 1.44. The van der Waals surface area contributed by atoms with Crippen LogP contribution in [-0.4, -0.2) is 31.4 Å². The normalized spacial score (nSPS) is 14.1. The highest BCUT2D eigenvalue weighted by molar-refractivity contribution is 7.99. The highest BCUT2D eigenvalue weighted by Gasteiger charge is 2.30. The van der Waals surface area contributed by atoms with Gasteiger partial charge in [0.2, 0.25) is 5.91 Å². The van der Waals surface area contributed by atoms with Crippen molar-refractivity contribution in [2.24, 2.45) is 0 Å². The lowest BCUT2D eigenvalue weighted by molar-refractivity contribution is -0.119. The van der Waals surface area contributed by atoms with Crippen LogP contribution in [-0.2, 0) is 11.2 Å². The fourth-order valence-electron chi connectivity index (χ4n) is 3.89. The number of hydrogen-bond donors (Lipinski definition) is 1. The van der Waals surface area contributed by atoms with Crippen LogP contribution in [0.2, 0.25) is 0 Å². The van der Waals surface area contributed by atoms with Gasteiger partial charge in [-0.1, -0.05) is 72.4 Å². The molecule has 166 valence electrons. The highest BCUT2D eigenvalue weighted by Crippen LogP contribution is 2.41. The van der Waals surface area contributed by atoms with Crippen LogP contribution < -0.4 is 5.32 Å². The Bertz CT molecular complexity index is 1190. The lowest BCUT2D eigenvalue weighted by Gasteiger charge is -2.19. The van der Waals surface area contributed by atoms with Crippen LogP contribution in [0.25, 0.3) is 11.4 Å². The molecule has 1 saturated carbocycles. The number of rotatable bonds is 9. The van der Waals surface area contributed by atoms with Crippen molar-refractivity contribution < 1.29 is 4.79 Å². The van der Waals surface area contributed by atoms with E-state index in [1.54, 1.807) is 12.4 Å². The zero-order valence-corrected chi connectivity index (χ0v) is 19.0. The Morgan fingerprint density at radius 2 is 1.67 bits per heavy atom. The molecular formula is C26H25N5OS. The monoisotopic (exact) mass is 455 g/mol. The van der Waals surface area contributed by atoms with Gasteiger partial charge in [0.1, 0.15) is 0 Å². The maximum absolute atomic E-state index is 13.0. The maximum Gasteiger partial charge on any atom is 0.230 e. The van der Waals surface area contributed by atoms with Crippen LogP contribution >= 0.6 is 11.8 Å². The van der Waals surface area contributed by atoms with E-state index in [0.717, 1.165) is 41.4 Å². The molecule has 0 spiro atoms. The van der Waals surface area contributed by atoms with Crippen molar-refractivity contribution in [1.82, 2.24) is 25.1 Å². The molecule has 0 saturated heterocycles. The fourth-order valence-corrected chi connectivity index (χ4v) is 4.71. The average Bonchev–Trinajstić information content (AvgIpc) is 3.62. The number of pyridine rings is 1. The number of carbonyl (C=O) groups excluding carboxylic acids is 1. The largest absolute Gasteiger partial charge is 0.348 e. The number of thioether (sulfide) groups is 1. The van der Waals surface area contributed by atoms with E-state index in [4.69, 9.17) is 0 Å². The second-order valence-corrected chi connectivity index (χ2v) is 9.09. The van der Waals surface area contributed by atoms with Crippen LogP contribution in [0.3, 0.4) is 0 Å². The molecule has 5 rings (SSSR count).